The van der Waals surface area contributed by atoms with Gasteiger partial charge in [-0.2, -0.15) is 15.8 Å². The van der Waals surface area contributed by atoms with Gasteiger partial charge in [-0.1, -0.05) is 48.5 Å². The zero-order valence-corrected chi connectivity index (χ0v) is 27.0. The molecule has 7 aromatic carbocycles. The summed E-state index contributed by atoms with van der Waals surface area (Å²) in [5, 5.41) is 35.5. The van der Waals surface area contributed by atoms with Gasteiger partial charge in [0.25, 0.3) is 0 Å². The van der Waals surface area contributed by atoms with E-state index in [1.165, 1.54) is 0 Å². The maximum Gasteiger partial charge on any atom is 0.0991 e. The number of rotatable bonds is 3. The molecule has 6 heteroatoms. The third kappa shape index (κ3) is 4.01. The van der Waals surface area contributed by atoms with Crippen LogP contribution in [0.3, 0.4) is 0 Å². The lowest BCUT2D eigenvalue weighted by molar-refractivity contribution is 1.13. The summed E-state index contributed by atoms with van der Waals surface area (Å²) < 4.78 is 6.86. The van der Waals surface area contributed by atoms with E-state index in [0.29, 0.717) is 16.7 Å². The van der Waals surface area contributed by atoms with Crippen LogP contribution in [0.25, 0.3) is 82.5 Å². The highest BCUT2D eigenvalue weighted by molar-refractivity contribution is 6.26. The van der Waals surface area contributed by atoms with E-state index in [2.05, 4.69) is 123 Å². The quantitative estimate of drug-likeness (QED) is 0.191. The molecule has 0 unspecified atom stereocenters. The standard InChI is InChI=1S/C45H24N6/c46-25-28-15-19-42-36(21-28)34-16-20-43-44(45(34)51(42)31-7-2-1-3-8-31)35-11-4-5-12-39(35)50(43)33-10-6-9-32(24-33)49-40-17-13-29(26-47)22-37(40)38-23-30(27-48)14-18-41(38)49/h1-24H. The van der Waals surface area contributed by atoms with Crippen LogP contribution in [0, 0.1) is 34.0 Å². The predicted octanol–water partition coefficient (Wildman–Crippen LogP) is 10.6. The topological polar surface area (TPSA) is 86.2 Å². The summed E-state index contributed by atoms with van der Waals surface area (Å²) >= 11 is 0. The second-order valence-corrected chi connectivity index (χ2v) is 12.8. The van der Waals surface area contributed by atoms with Crippen LogP contribution in [0.1, 0.15) is 16.7 Å². The van der Waals surface area contributed by atoms with Crippen molar-refractivity contribution in [3.05, 3.63) is 162 Å². The van der Waals surface area contributed by atoms with Gasteiger partial charge in [0.15, 0.2) is 0 Å². The van der Waals surface area contributed by atoms with Gasteiger partial charge in [-0.05, 0) is 97.1 Å². The third-order valence-electron chi connectivity index (χ3n) is 10.1. The maximum absolute atomic E-state index is 9.80. The minimum atomic E-state index is 0.575. The number of para-hydroxylation sites is 2. The van der Waals surface area contributed by atoms with Crippen molar-refractivity contribution in [2.45, 2.75) is 0 Å². The summed E-state index contributed by atoms with van der Waals surface area (Å²) in [4.78, 5) is 0. The Morgan fingerprint density at radius 2 is 0.804 bits per heavy atom. The molecule has 3 aromatic heterocycles. The summed E-state index contributed by atoms with van der Waals surface area (Å²) in [6.07, 6.45) is 0. The van der Waals surface area contributed by atoms with Crippen LogP contribution in [-0.4, -0.2) is 13.7 Å². The third-order valence-corrected chi connectivity index (χ3v) is 10.1. The largest absolute Gasteiger partial charge is 0.309 e. The Hall–Kier alpha value is -7.59. The Labute approximate surface area is 291 Å². The molecule has 6 nitrogen and oxygen atoms in total. The highest BCUT2D eigenvalue weighted by Crippen LogP contribution is 2.42. The van der Waals surface area contributed by atoms with E-state index in [4.69, 9.17) is 0 Å². The smallest absolute Gasteiger partial charge is 0.0991 e. The van der Waals surface area contributed by atoms with Crippen LogP contribution >= 0.6 is 0 Å². The molecule has 51 heavy (non-hydrogen) atoms. The molecule has 234 valence electrons. The summed E-state index contributed by atoms with van der Waals surface area (Å²) in [7, 11) is 0. The second-order valence-electron chi connectivity index (χ2n) is 12.8. The Bertz CT molecular complexity index is 3150. The maximum atomic E-state index is 9.80. The predicted molar refractivity (Wildman–Crippen MR) is 204 cm³/mol. The molecule has 0 fully saturated rings. The van der Waals surface area contributed by atoms with Gasteiger partial charge in [0.1, 0.15) is 0 Å². The van der Waals surface area contributed by atoms with Crippen molar-refractivity contribution in [1.82, 2.24) is 13.7 Å². The summed E-state index contributed by atoms with van der Waals surface area (Å²) in [5.74, 6) is 0. The fourth-order valence-electron chi connectivity index (χ4n) is 7.96. The molecule has 0 bridgehead atoms. The summed E-state index contributed by atoms with van der Waals surface area (Å²) in [6, 6.07) is 56.1. The van der Waals surface area contributed by atoms with E-state index < -0.39 is 0 Å². The van der Waals surface area contributed by atoms with Gasteiger partial charge >= 0.3 is 0 Å². The number of hydrogen-bond acceptors (Lipinski definition) is 3. The number of benzene rings is 7. The van der Waals surface area contributed by atoms with Crippen molar-refractivity contribution in [2.24, 2.45) is 0 Å². The van der Waals surface area contributed by atoms with Crippen LogP contribution in [0.2, 0.25) is 0 Å². The minimum Gasteiger partial charge on any atom is -0.309 e. The molecule has 3 heterocycles. The second kappa shape index (κ2) is 10.7. The first-order valence-electron chi connectivity index (χ1n) is 16.6. The number of nitrogens with zero attached hydrogens (tertiary/aromatic N) is 6. The molecule has 0 aliphatic heterocycles. The van der Waals surface area contributed by atoms with Crippen molar-refractivity contribution in [3.8, 4) is 35.3 Å². The fourth-order valence-corrected chi connectivity index (χ4v) is 7.96. The SMILES string of the molecule is N#Cc1ccc2c(c1)c1cc(C#N)ccc1n2-c1cccc(-n2c3ccccc3c3c2ccc2c4cc(C#N)ccc4n(-c4ccccc4)c23)c1. The summed E-state index contributed by atoms with van der Waals surface area (Å²) in [6.45, 7) is 0. The lowest BCUT2D eigenvalue weighted by Crippen LogP contribution is -1.99. The molecule has 0 aliphatic rings. The highest BCUT2D eigenvalue weighted by Gasteiger charge is 2.22. The van der Waals surface area contributed by atoms with Crippen molar-refractivity contribution < 1.29 is 0 Å². The molecule has 0 amide bonds. The number of aromatic nitrogens is 3. The van der Waals surface area contributed by atoms with E-state index >= 15 is 0 Å². The van der Waals surface area contributed by atoms with Gasteiger partial charge in [0.2, 0.25) is 0 Å². The Morgan fingerprint density at radius 1 is 0.333 bits per heavy atom. The number of fused-ring (bicyclic) bond motifs is 10. The van der Waals surface area contributed by atoms with Crippen LogP contribution < -0.4 is 0 Å². The lowest BCUT2D eigenvalue weighted by atomic mass is 10.1. The molecule has 0 atom stereocenters. The van der Waals surface area contributed by atoms with Crippen LogP contribution in [0.4, 0.5) is 0 Å². The molecule has 0 spiro atoms. The molecule has 0 aliphatic carbocycles. The van der Waals surface area contributed by atoms with Gasteiger partial charge in [-0.15, -0.1) is 0 Å². The lowest BCUT2D eigenvalue weighted by Gasteiger charge is -2.13. The van der Waals surface area contributed by atoms with Crippen LogP contribution in [0.5, 0.6) is 0 Å². The Balaban J connectivity index is 1.29. The molecular weight excluding hydrogens is 625 g/mol. The Morgan fingerprint density at radius 3 is 1.41 bits per heavy atom. The molecule has 0 radical (unpaired) electrons. The van der Waals surface area contributed by atoms with E-state index in [1.54, 1.807) is 0 Å². The number of nitriles is 3. The molecule has 10 rings (SSSR count). The highest BCUT2D eigenvalue weighted by atomic mass is 15.0. The average molecular weight is 649 g/mol. The molecule has 10 aromatic rings. The molecule has 0 saturated heterocycles. The monoisotopic (exact) mass is 648 g/mol. The Kier molecular flexibility index (Phi) is 5.97. The molecule has 0 saturated carbocycles. The van der Waals surface area contributed by atoms with Gasteiger partial charge in [-0.3, -0.25) is 0 Å². The first-order chi connectivity index (χ1) is 25.2. The first-order valence-corrected chi connectivity index (χ1v) is 16.6. The molecular formula is C45H24N6. The summed E-state index contributed by atoms with van der Waals surface area (Å²) in [5.41, 5.74) is 11.0. The van der Waals surface area contributed by atoms with Gasteiger partial charge in [0.05, 0.1) is 68.0 Å². The fraction of sp³-hybridized carbons (Fsp3) is 0. The van der Waals surface area contributed by atoms with Crippen LogP contribution in [0.15, 0.2) is 146 Å². The van der Waals surface area contributed by atoms with Crippen LogP contribution in [-0.2, 0) is 0 Å². The van der Waals surface area contributed by atoms with E-state index in [-0.39, 0.29) is 0 Å². The zero-order valence-electron chi connectivity index (χ0n) is 27.0. The van der Waals surface area contributed by atoms with E-state index in [9.17, 15) is 15.8 Å². The van der Waals surface area contributed by atoms with E-state index in [1.807, 2.05) is 54.6 Å². The normalized spacial score (nSPS) is 11.5. The zero-order chi connectivity index (χ0) is 34.2. The van der Waals surface area contributed by atoms with Crippen molar-refractivity contribution in [2.75, 3.05) is 0 Å². The van der Waals surface area contributed by atoms with Crippen molar-refractivity contribution >= 4 is 65.4 Å². The molecule has 0 N–H and O–H groups in total. The van der Waals surface area contributed by atoms with Gasteiger partial charge < -0.3 is 13.7 Å². The van der Waals surface area contributed by atoms with Crippen molar-refractivity contribution in [1.29, 1.82) is 15.8 Å². The van der Waals surface area contributed by atoms with E-state index in [0.717, 1.165) is 82.5 Å². The average Bonchev–Trinajstić information content (AvgIpc) is 3.82. The van der Waals surface area contributed by atoms with Gasteiger partial charge in [-0.25, -0.2) is 0 Å². The minimum absolute atomic E-state index is 0.575. The van der Waals surface area contributed by atoms with Crippen molar-refractivity contribution in [3.63, 3.8) is 0 Å². The number of hydrogen-bond donors (Lipinski definition) is 0. The first kappa shape index (κ1) is 28.4. The van der Waals surface area contributed by atoms with Gasteiger partial charge in [0, 0.05) is 49.4 Å².